The summed E-state index contributed by atoms with van der Waals surface area (Å²) in [6, 6.07) is 1.58. The Kier molecular flexibility index (Phi) is 4.71. The number of aromatic amines is 1. The van der Waals surface area contributed by atoms with Gasteiger partial charge in [-0.05, 0) is 24.7 Å². The Balaban J connectivity index is 1.94. The zero-order valence-electron chi connectivity index (χ0n) is 10.2. The highest BCUT2D eigenvalue weighted by atomic mass is 32.2. The Morgan fingerprint density at radius 1 is 1.50 bits per heavy atom. The van der Waals surface area contributed by atoms with Gasteiger partial charge in [-0.3, -0.25) is 0 Å². The Hall–Kier alpha value is -0.500. The fourth-order valence-electron chi connectivity index (χ4n) is 1.95. The van der Waals surface area contributed by atoms with E-state index in [1.54, 1.807) is 6.07 Å². The highest BCUT2D eigenvalue weighted by Crippen LogP contribution is 2.24. The molecule has 1 unspecified atom stereocenters. The van der Waals surface area contributed by atoms with E-state index in [2.05, 4.69) is 9.71 Å². The van der Waals surface area contributed by atoms with Crippen molar-refractivity contribution in [1.29, 1.82) is 0 Å². The summed E-state index contributed by atoms with van der Waals surface area (Å²) in [5.41, 5.74) is 6.17. The van der Waals surface area contributed by atoms with Gasteiger partial charge in [0.1, 0.15) is 0 Å². The van der Waals surface area contributed by atoms with Crippen LogP contribution in [0.5, 0.6) is 0 Å². The smallest absolute Gasteiger partial charge is 0.242 e. The van der Waals surface area contributed by atoms with E-state index in [4.69, 9.17) is 5.73 Å². The second kappa shape index (κ2) is 6.10. The Morgan fingerprint density at radius 2 is 2.33 bits per heavy atom. The second-order valence-electron chi connectivity index (χ2n) is 4.41. The molecule has 0 amide bonds. The van der Waals surface area contributed by atoms with Crippen molar-refractivity contribution in [3.63, 3.8) is 0 Å². The van der Waals surface area contributed by atoms with Crippen molar-refractivity contribution in [3.8, 4) is 0 Å². The van der Waals surface area contributed by atoms with Gasteiger partial charge in [0.05, 0.1) is 4.90 Å². The molecular formula is C11H19N3O2S2. The van der Waals surface area contributed by atoms with Crippen LogP contribution in [0.15, 0.2) is 17.2 Å². The molecule has 1 atom stereocenters. The van der Waals surface area contributed by atoms with Gasteiger partial charge in [0.2, 0.25) is 10.0 Å². The fourth-order valence-corrected chi connectivity index (χ4v) is 4.39. The Labute approximate surface area is 112 Å². The Bertz CT molecular complexity index is 478. The number of hydrogen-bond donors (Lipinski definition) is 3. The van der Waals surface area contributed by atoms with Crippen LogP contribution in [-0.2, 0) is 16.6 Å². The number of nitrogens with two attached hydrogens (primary N) is 1. The molecule has 1 saturated heterocycles. The first-order valence-corrected chi connectivity index (χ1v) is 8.63. The predicted octanol–water partition coefficient (Wildman–Crippen LogP) is 1.04. The molecule has 1 aromatic heterocycles. The zero-order chi connectivity index (χ0) is 13.0. The van der Waals surface area contributed by atoms with E-state index < -0.39 is 10.0 Å². The average Bonchev–Trinajstić information content (AvgIpc) is 2.87. The quantitative estimate of drug-likeness (QED) is 0.755. The van der Waals surface area contributed by atoms with Crippen LogP contribution in [0.4, 0.5) is 0 Å². The molecule has 102 valence electrons. The van der Waals surface area contributed by atoms with Crippen LogP contribution < -0.4 is 10.5 Å². The number of thioether (sulfide) groups is 1. The molecule has 1 aromatic rings. The van der Waals surface area contributed by atoms with Crippen LogP contribution in [0.3, 0.4) is 0 Å². The topological polar surface area (TPSA) is 88.0 Å². The third-order valence-corrected chi connectivity index (χ3v) is 5.82. The van der Waals surface area contributed by atoms with Gasteiger partial charge in [-0.15, -0.1) is 0 Å². The lowest BCUT2D eigenvalue weighted by molar-refractivity contribution is 0.574. The normalized spacial score (nSPS) is 21.1. The van der Waals surface area contributed by atoms with Crippen LogP contribution in [0.1, 0.15) is 25.0 Å². The van der Waals surface area contributed by atoms with Crippen molar-refractivity contribution in [2.24, 2.45) is 5.73 Å². The zero-order valence-corrected chi connectivity index (χ0v) is 11.8. The first-order valence-electron chi connectivity index (χ1n) is 6.10. The van der Waals surface area contributed by atoms with Crippen molar-refractivity contribution in [2.45, 2.75) is 36.0 Å². The molecule has 1 aliphatic heterocycles. The van der Waals surface area contributed by atoms with E-state index in [1.807, 2.05) is 11.8 Å². The maximum Gasteiger partial charge on any atom is 0.242 e. The molecule has 2 heterocycles. The summed E-state index contributed by atoms with van der Waals surface area (Å²) in [7, 11) is -3.40. The number of nitrogens with one attached hydrogen (secondary N) is 2. The van der Waals surface area contributed by atoms with E-state index in [9.17, 15) is 8.42 Å². The molecule has 1 aliphatic rings. The summed E-state index contributed by atoms with van der Waals surface area (Å²) in [4.78, 5) is 3.12. The molecule has 4 N–H and O–H groups in total. The van der Waals surface area contributed by atoms with Crippen LogP contribution >= 0.6 is 11.8 Å². The molecule has 18 heavy (non-hydrogen) atoms. The molecule has 0 saturated carbocycles. The molecule has 0 radical (unpaired) electrons. The van der Waals surface area contributed by atoms with Crippen LogP contribution in [0, 0.1) is 0 Å². The van der Waals surface area contributed by atoms with Crippen molar-refractivity contribution < 1.29 is 8.42 Å². The molecule has 2 rings (SSSR count). The van der Waals surface area contributed by atoms with Crippen molar-refractivity contribution >= 4 is 21.8 Å². The largest absolute Gasteiger partial charge is 0.363 e. The minimum atomic E-state index is -3.40. The van der Waals surface area contributed by atoms with Crippen molar-refractivity contribution in [1.82, 2.24) is 9.71 Å². The lowest BCUT2D eigenvalue weighted by Gasteiger charge is -2.21. The van der Waals surface area contributed by atoms with Gasteiger partial charge >= 0.3 is 0 Å². The van der Waals surface area contributed by atoms with Crippen LogP contribution in [0.2, 0.25) is 0 Å². The maximum atomic E-state index is 12.0. The van der Waals surface area contributed by atoms with Crippen molar-refractivity contribution in [3.05, 3.63) is 18.0 Å². The summed E-state index contributed by atoms with van der Waals surface area (Å²) in [5.74, 6) is 1.13. The predicted molar refractivity (Wildman–Crippen MR) is 74.0 cm³/mol. The van der Waals surface area contributed by atoms with Crippen molar-refractivity contribution in [2.75, 3.05) is 12.3 Å². The minimum absolute atomic E-state index is 0.267. The second-order valence-corrected chi connectivity index (χ2v) is 7.58. The lowest BCUT2D eigenvalue weighted by atomic mass is 10.2. The summed E-state index contributed by atoms with van der Waals surface area (Å²) in [5, 5.41) is 0.404. The van der Waals surface area contributed by atoms with Gasteiger partial charge in [0.25, 0.3) is 0 Å². The molecule has 0 spiro atoms. The van der Waals surface area contributed by atoms with Gasteiger partial charge in [0, 0.05) is 30.2 Å². The maximum absolute atomic E-state index is 12.0. The van der Waals surface area contributed by atoms with E-state index >= 15 is 0 Å². The SMILES string of the molecule is NCc1cc(S(=O)(=O)NCC2CCCCS2)c[nH]1. The lowest BCUT2D eigenvalue weighted by Crippen LogP contribution is -2.31. The van der Waals surface area contributed by atoms with Gasteiger partial charge < -0.3 is 10.7 Å². The molecule has 0 aliphatic carbocycles. The van der Waals surface area contributed by atoms with E-state index in [1.165, 1.54) is 19.0 Å². The number of hydrogen-bond acceptors (Lipinski definition) is 4. The molecular weight excluding hydrogens is 270 g/mol. The standard InChI is InChI=1S/C11H19N3O2S2/c12-6-9-5-11(8-13-9)18(15,16)14-7-10-3-1-2-4-17-10/h5,8,10,13-14H,1-4,6-7,12H2. The first-order chi connectivity index (χ1) is 8.62. The van der Waals surface area contributed by atoms with E-state index in [0.717, 1.165) is 17.9 Å². The molecule has 0 bridgehead atoms. The molecule has 5 nitrogen and oxygen atoms in total. The molecule has 7 heteroatoms. The summed E-state index contributed by atoms with van der Waals surface area (Å²) in [6.07, 6.45) is 5.01. The summed E-state index contributed by atoms with van der Waals surface area (Å²) < 4.78 is 26.7. The fraction of sp³-hybridized carbons (Fsp3) is 0.636. The third kappa shape index (κ3) is 3.50. The van der Waals surface area contributed by atoms with Gasteiger partial charge in [-0.1, -0.05) is 6.42 Å². The number of rotatable bonds is 5. The van der Waals surface area contributed by atoms with Crippen LogP contribution in [-0.4, -0.2) is 30.9 Å². The average molecular weight is 289 g/mol. The first kappa shape index (κ1) is 13.9. The number of H-pyrrole nitrogens is 1. The third-order valence-electron chi connectivity index (χ3n) is 3.02. The number of sulfonamides is 1. The van der Waals surface area contributed by atoms with E-state index in [0.29, 0.717) is 18.3 Å². The summed E-state index contributed by atoms with van der Waals surface area (Å²) >= 11 is 1.85. The van der Waals surface area contributed by atoms with Gasteiger partial charge in [-0.25, -0.2) is 13.1 Å². The van der Waals surface area contributed by atoms with Crippen LogP contribution in [0.25, 0.3) is 0 Å². The molecule has 0 aromatic carbocycles. The Morgan fingerprint density at radius 3 is 2.94 bits per heavy atom. The van der Waals surface area contributed by atoms with E-state index in [-0.39, 0.29) is 4.90 Å². The van der Waals surface area contributed by atoms with Gasteiger partial charge in [-0.2, -0.15) is 11.8 Å². The monoisotopic (exact) mass is 289 g/mol. The highest BCUT2D eigenvalue weighted by Gasteiger charge is 2.19. The summed E-state index contributed by atoms with van der Waals surface area (Å²) in [6.45, 7) is 0.824. The number of aromatic nitrogens is 1. The molecule has 1 fully saturated rings. The highest BCUT2D eigenvalue weighted by molar-refractivity contribution is 8.00. The van der Waals surface area contributed by atoms with Gasteiger partial charge in [0.15, 0.2) is 0 Å². The minimum Gasteiger partial charge on any atom is -0.363 e.